The summed E-state index contributed by atoms with van der Waals surface area (Å²) in [4.78, 5) is 24.7. The number of nitro benzene ring substituents is 1. The minimum absolute atomic E-state index is 0.0538. The van der Waals surface area contributed by atoms with Gasteiger partial charge in [0, 0.05) is 37.3 Å². The van der Waals surface area contributed by atoms with Crippen LogP contribution in [0.1, 0.15) is 23.3 Å². The predicted molar refractivity (Wildman–Crippen MR) is 98.2 cm³/mol. The van der Waals surface area contributed by atoms with E-state index >= 15 is 0 Å². The van der Waals surface area contributed by atoms with Crippen molar-refractivity contribution >= 4 is 21.6 Å². The van der Waals surface area contributed by atoms with Gasteiger partial charge in [0.2, 0.25) is 10.0 Å². The summed E-state index contributed by atoms with van der Waals surface area (Å²) < 4.78 is 28.1. The summed E-state index contributed by atoms with van der Waals surface area (Å²) in [6.07, 6.45) is 2.84. The van der Waals surface area contributed by atoms with Gasteiger partial charge in [-0.15, -0.1) is 0 Å². The monoisotopic (exact) mass is 418 g/mol. The largest absolute Gasteiger partial charge is 0.336 e. The van der Waals surface area contributed by atoms with Gasteiger partial charge in [0.15, 0.2) is 5.69 Å². The minimum atomic E-state index is -3.86. The summed E-state index contributed by atoms with van der Waals surface area (Å²) in [6, 6.07) is 4.77. The van der Waals surface area contributed by atoms with Crippen LogP contribution in [0.25, 0.3) is 0 Å². The molecule has 0 saturated carbocycles. The van der Waals surface area contributed by atoms with Crippen molar-refractivity contribution in [2.75, 3.05) is 13.1 Å². The Hall–Kier alpha value is -2.86. The van der Waals surface area contributed by atoms with Crippen LogP contribution in [0.3, 0.4) is 0 Å². The number of rotatable bonds is 4. The van der Waals surface area contributed by atoms with Crippen LogP contribution in [0.2, 0.25) is 0 Å². The fraction of sp³-hybridized carbons (Fsp3) is 0.471. The molecule has 3 aliphatic rings. The molecule has 1 amide bonds. The first-order valence-electron chi connectivity index (χ1n) is 9.31. The lowest BCUT2D eigenvalue weighted by molar-refractivity contribution is -0.385. The standard InChI is InChI=1S/C17H18N6O5S/c24-17(14-7-18-20-19-14)21-8-12-13(9-21)16-5-4-15(12)22(16)29(27,28)11-3-1-2-10(6-11)23(25)26/h1-3,6-7,12-13,15-16H,4-5,8-9H2,(H,18,19,20)/t12-,13+,15+,16-. The average molecular weight is 418 g/mol. The van der Waals surface area contributed by atoms with Crippen LogP contribution < -0.4 is 0 Å². The Kier molecular flexibility index (Phi) is 3.96. The molecule has 12 heteroatoms. The number of carbonyl (C=O) groups excluding carboxylic acids is 1. The maximum atomic E-state index is 13.3. The summed E-state index contributed by atoms with van der Waals surface area (Å²) >= 11 is 0. The number of sulfonamides is 1. The molecule has 4 heterocycles. The number of hydrogen-bond acceptors (Lipinski definition) is 7. The summed E-state index contributed by atoms with van der Waals surface area (Å²) in [7, 11) is -3.86. The lowest BCUT2D eigenvalue weighted by Crippen LogP contribution is -2.41. The van der Waals surface area contributed by atoms with Crippen LogP contribution in [0, 0.1) is 22.0 Å². The molecule has 2 bridgehead atoms. The molecule has 0 spiro atoms. The molecule has 2 aromatic rings. The van der Waals surface area contributed by atoms with E-state index in [1.54, 1.807) is 9.21 Å². The number of likely N-dealkylation sites (tertiary alicyclic amines) is 1. The number of aromatic amines is 1. The smallest absolute Gasteiger partial charge is 0.276 e. The third kappa shape index (κ3) is 2.66. The van der Waals surface area contributed by atoms with Crippen LogP contribution in [-0.2, 0) is 10.0 Å². The molecule has 3 fully saturated rings. The van der Waals surface area contributed by atoms with Crippen molar-refractivity contribution in [3.05, 3.63) is 46.3 Å². The van der Waals surface area contributed by atoms with Crippen molar-refractivity contribution in [2.45, 2.75) is 29.8 Å². The number of carbonyl (C=O) groups is 1. The Morgan fingerprint density at radius 2 is 1.90 bits per heavy atom. The van der Waals surface area contributed by atoms with E-state index in [0.717, 1.165) is 18.9 Å². The van der Waals surface area contributed by atoms with Gasteiger partial charge in [0.1, 0.15) is 0 Å². The summed E-state index contributed by atoms with van der Waals surface area (Å²) in [5.74, 6) is -0.100. The average Bonchev–Trinajstić information content (AvgIpc) is 3.49. The molecule has 0 aliphatic carbocycles. The Labute approximate surface area is 165 Å². The molecule has 11 nitrogen and oxygen atoms in total. The van der Waals surface area contributed by atoms with E-state index in [1.165, 1.54) is 24.4 Å². The first-order chi connectivity index (χ1) is 13.9. The van der Waals surface area contributed by atoms with Gasteiger partial charge in [-0.1, -0.05) is 6.07 Å². The number of amides is 1. The van der Waals surface area contributed by atoms with Gasteiger partial charge in [-0.3, -0.25) is 14.9 Å². The van der Waals surface area contributed by atoms with E-state index in [2.05, 4.69) is 15.4 Å². The molecule has 29 heavy (non-hydrogen) atoms. The Morgan fingerprint density at radius 1 is 1.21 bits per heavy atom. The molecule has 0 radical (unpaired) electrons. The van der Waals surface area contributed by atoms with Crippen molar-refractivity contribution in [2.24, 2.45) is 11.8 Å². The highest BCUT2D eigenvalue weighted by atomic mass is 32.2. The molecule has 4 atom stereocenters. The zero-order valence-corrected chi connectivity index (χ0v) is 16.0. The zero-order chi connectivity index (χ0) is 20.3. The summed E-state index contributed by atoms with van der Waals surface area (Å²) in [5, 5.41) is 21.0. The highest BCUT2D eigenvalue weighted by Gasteiger charge is 2.60. The van der Waals surface area contributed by atoms with Gasteiger partial charge < -0.3 is 4.90 Å². The number of non-ortho nitro benzene ring substituents is 1. The SMILES string of the molecule is O=C(c1cn[nH]n1)N1C[C@@H]2[C@H](C1)[C@H]1CC[C@@H]2N1S(=O)(=O)c1cccc([N+](=O)[O-])c1. The van der Waals surface area contributed by atoms with Crippen molar-refractivity contribution in [3.63, 3.8) is 0 Å². The summed E-state index contributed by atoms with van der Waals surface area (Å²) in [5.41, 5.74) is 0.000546. The predicted octanol–water partition coefficient (Wildman–Crippen LogP) is 0.637. The van der Waals surface area contributed by atoms with E-state index < -0.39 is 14.9 Å². The normalized spacial score (nSPS) is 28.6. The molecule has 1 N–H and O–H groups in total. The van der Waals surface area contributed by atoms with Gasteiger partial charge in [-0.2, -0.15) is 19.7 Å². The first kappa shape index (κ1) is 18.2. The van der Waals surface area contributed by atoms with Gasteiger partial charge in [0.05, 0.1) is 16.0 Å². The van der Waals surface area contributed by atoms with E-state index in [4.69, 9.17) is 0 Å². The molecule has 3 saturated heterocycles. The topological polar surface area (TPSA) is 142 Å². The van der Waals surface area contributed by atoms with E-state index in [1.807, 2.05) is 0 Å². The van der Waals surface area contributed by atoms with E-state index in [0.29, 0.717) is 13.1 Å². The van der Waals surface area contributed by atoms with Gasteiger partial charge in [-0.25, -0.2) is 8.42 Å². The van der Waals surface area contributed by atoms with E-state index in [9.17, 15) is 23.3 Å². The zero-order valence-electron chi connectivity index (χ0n) is 15.2. The van der Waals surface area contributed by atoms with Crippen molar-refractivity contribution in [1.29, 1.82) is 0 Å². The molecule has 0 unspecified atom stereocenters. The molecule has 152 valence electrons. The molecular formula is C17H18N6O5S. The molecule has 3 aliphatic heterocycles. The second kappa shape index (κ2) is 6.32. The van der Waals surface area contributed by atoms with Crippen LogP contribution in [-0.4, -0.2) is 69.0 Å². The van der Waals surface area contributed by atoms with Crippen molar-refractivity contribution in [1.82, 2.24) is 24.6 Å². The quantitative estimate of drug-likeness (QED) is 0.567. The second-order valence-electron chi connectivity index (χ2n) is 7.69. The molecule has 1 aromatic heterocycles. The molecule has 1 aromatic carbocycles. The number of benzene rings is 1. The molecule has 5 rings (SSSR count). The Bertz CT molecular complexity index is 1070. The third-order valence-electron chi connectivity index (χ3n) is 6.34. The number of hydrogen-bond donors (Lipinski definition) is 1. The van der Waals surface area contributed by atoms with E-state index in [-0.39, 0.29) is 46.1 Å². The van der Waals surface area contributed by atoms with Crippen molar-refractivity contribution < 1.29 is 18.1 Å². The Morgan fingerprint density at radius 3 is 2.48 bits per heavy atom. The number of H-pyrrole nitrogens is 1. The second-order valence-corrected chi connectivity index (χ2v) is 9.54. The Balaban J connectivity index is 1.41. The maximum Gasteiger partial charge on any atom is 0.276 e. The van der Waals surface area contributed by atoms with Crippen LogP contribution in [0.15, 0.2) is 35.4 Å². The number of nitro groups is 1. The fourth-order valence-electron chi connectivity index (χ4n) is 5.18. The number of nitrogens with one attached hydrogen (secondary N) is 1. The van der Waals surface area contributed by atoms with Crippen LogP contribution in [0.5, 0.6) is 0 Å². The highest BCUT2D eigenvalue weighted by Crippen LogP contribution is 2.51. The maximum absolute atomic E-state index is 13.3. The minimum Gasteiger partial charge on any atom is -0.336 e. The van der Waals surface area contributed by atoms with Crippen molar-refractivity contribution in [3.8, 4) is 0 Å². The third-order valence-corrected chi connectivity index (χ3v) is 8.28. The number of aromatic nitrogens is 3. The van der Waals surface area contributed by atoms with Gasteiger partial charge in [0.25, 0.3) is 11.6 Å². The first-order valence-corrected chi connectivity index (χ1v) is 10.7. The number of fused-ring (bicyclic) bond motifs is 5. The fourth-order valence-corrected chi connectivity index (χ4v) is 7.18. The lowest BCUT2D eigenvalue weighted by Gasteiger charge is -2.26. The van der Waals surface area contributed by atoms with Crippen LogP contribution in [0.4, 0.5) is 5.69 Å². The highest BCUT2D eigenvalue weighted by molar-refractivity contribution is 7.89. The molecular weight excluding hydrogens is 400 g/mol. The van der Waals surface area contributed by atoms with Gasteiger partial charge >= 0.3 is 0 Å². The number of nitrogens with zero attached hydrogens (tertiary/aromatic N) is 5. The lowest BCUT2D eigenvalue weighted by atomic mass is 9.82. The van der Waals surface area contributed by atoms with Gasteiger partial charge in [-0.05, 0) is 30.7 Å². The summed E-state index contributed by atoms with van der Waals surface area (Å²) in [6.45, 7) is 0.941. The van der Waals surface area contributed by atoms with Crippen LogP contribution >= 0.6 is 0 Å².